The summed E-state index contributed by atoms with van der Waals surface area (Å²) in [5, 5.41) is 11.6. The number of nitrogens with zero attached hydrogens (tertiary/aromatic N) is 3. The van der Waals surface area contributed by atoms with Crippen LogP contribution in [0.1, 0.15) is 18.2 Å². The zero-order chi connectivity index (χ0) is 19.6. The highest BCUT2D eigenvalue weighted by Gasteiger charge is 2.26. The Morgan fingerprint density at radius 2 is 2.11 bits per heavy atom. The molecule has 10 heteroatoms. The topological polar surface area (TPSA) is 121 Å². The lowest BCUT2D eigenvalue weighted by atomic mass is 10.1. The number of cyclic esters (lactones) is 1. The molecule has 0 bridgehead atoms. The number of esters is 2. The molecular formula is C17H10ClN3O6. The summed E-state index contributed by atoms with van der Waals surface area (Å²) in [5.41, 5.74) is 0.0805. The van der Waals surface area contributed by atoms with E-state index < -0.39 is 22.5 Å². The van der Waals surface area contributed by atoms with E-state index in [-0.39, 0.29) is 23.0 Å². The van der Waals surface area contributed by atoms with Crippen LogP contribution in [0.4, 0.5) is 5.69 Å². The molecule has 3 rings (SSSR count). The number of pyridine rings is 1. The first-order chi connectivity index (χ1) is 12.8. The number of benzene rings is 1. The van der Waals surface area contributed by atoms with Gasteiger partial charge in [0.05, 0.1) is 4.92 Å². The molecule has 136 valence electrons. The van der Waals surface area contributed by atoms with Gasteiger partial charge in [0.1, 0.15) is 5.69 Å². The summed E-state index contributed by atoms with van der Waals surface area (Å²) in [6, 6.07) is 6.90. The van der Waals surface area contributed by atoms with Gasteiger partial charge in [-0.05, 0) is 29.8 Å². The fourth-order valence-electron chi connectivity index (χ4n) is 2.21. The molecule has 0 aliphatic carbocycles. The van der Waals surface area contributed by atoms with Gasteiger partial charge in [0.2, 0.25) is 11.6 Å². The van der Waals surface area contributed by atoms with E-state index in [0.29, 0.717) is 10.6 Å². The molecular weight excluding hydrogens is 378 g/mol. The molecule has 0 atom stereocenters. The highest BCUT2D eigenvalue weighted by molar-refractivity contribution is 6.31. The van der Waals surface area contributed by atoms with Crippen LogP contribution in [0.15, 0.2) is 47.2 Å². The second kappa shape index (κ2) is 7.34. The molecule has 0 amide bonds. The molecule has 2 heterocycles. The molecule has 0 fully saturated rings. The van der Waals surface area contributed by atoms with E-state index in [4.69, 9.17) is 21.1 Å². The van der Waals surface area contributed by atoms with Crippen molar-refractivity contribution < 1.29 is 24.0 Å². The third-order valence-electron chi connectivity index (χ3n) is 3.30. The maximum atomic E-state index is 12.0. The fraction of sp³-hybridized carbons (Fsp3) is 0.0588. The van der Waals surface area contributed by atoms with Gasteiger partial charge >= 0.3 is 17.6 Å². The van der Waals surface area contributed by atoms with E-state index in [0.717, 1.165) is 13.0 Å². The van der Waals surface area contributed by atoms with E-state index in [1.54, 1.807) is 6.07 Å². The molecule has 0 saturated heterocycles. The Hall–Kier alpha value is -3.59. The maximum Gasteiger partial charge on any atom is 0.363 e. The van der Waals surface area contributed by atoms with Crippen LogP contribution in [0.25, 0.3) is 6.08 Å². The Labute approximate surface area is 157 Å². The van der Waals surface area contributed by atoms with Gasteiger partial charge in [-0.15, -0.1) is 0 Å². The Kier molecular flexibility index (Phi) is 4.95. The van der Waals surface area contributed by atoms with Crippen molar-refractivity contribution in [3.63, 3.8) is 0 Å². The SMILES string of the molecule is CC(=O)Oc1ccc(/C=C2\N=C(c3cc(Cl)ccn3)OC2=O)cc1[N+](=O)[O-]. The predicted octanol–water partition coefficient (Wildman–Crippen LogP) is 2.91. The predicted molar refractivity (Wildman–Crippen MR) is 94.3 cm³/mol. The number of hydrogen-bond donors (Lipinski definition) is 0. The zero-order valence-corrected chi connectivity index (χ0v) is 14.5. The molecule has 27 heavy (non-hydrogen) atoms. The summed E-state index contributed by atoms with van der Waals surface area (Å²) >= 11 is 5.87. The number of nitro groups is 1. The first kappa shape index (κ1) is 18.2. The minimum Gasteiger partial charge on any atom is -0.419 e. The Bertz CT molecular complexity index is 1030. The standard InChI is InChI=1S/C17H10ClN3O6/c1-9(22)26-15-3-2-10(7-14(15)21(24)25)6-13-17(23)27-16(20-13)12-8-11(18)4-5-19-12/h2-8H,1H3/b13-6-. The lowest BCUT2D eigenvalue weighted by Gasteiger charge is -2.03. The van der Waals surface area contributed by atoms with Crippen molar-refractivity contribution in [2.75, 3.05) is 0 Å². The van der Waals surface area contributed by atoms with Crippen LogP contribution in [-0.2, 0) is 14.3 Å². The minimum atomic E-state index is -0.738. The molecule has 0 saturated carbocycles. The van der Waals surface area contributed by atoms with Crippen molar-refractivity contribution in [3.8, 4) is 5.75 Å². The Balaban J connectivity index is 1.96. The third kappa shape index (κ3) is 4.15. The van der Waals surface area contributed by atoms with Crippen LogP contribution < -0.4 is 4.74 Å². The number of halogens is 1. The molecule has 9 nitrogen and oxygen atoms in total. The van der Waals surface area contributed by atoms with Crippen molar-refractivity contribution in [1.29, 1.82) is 0 Å². The number of nitro benzene ring substituents is 1. The second-order valence-corrected chi connectivity index (χ2v) is 5.71. The molecule has 1 aliphatic rings. The van der Waals surface area contributed by atoms with Gasteiger partial charge in [-0.2, -0.15) is 0 Å². The van der Waals surface area contributed by atoms with E-state index >= 15 is 0 Å². The van der Waals surface area contributed by atoms with E-state index in [2.05, 4.69) is 9.98 Å². The van der Waals surface area contributed by atoms with Gasteiger partial charge < -0.3 is 9.47 Å². The van der Waals surface area contributed by atoms with Gasteiger partial charge in [0, 0.05) is 24.2 Å². The Morgan fingerprint density at radius 3 is 2.78 bits per heavy atom. The van der Waals surface area contributed by atoms with Crippen LogP contribution in [0.5, 0.6) is 5.75 Å². The highest BCUT2D eigenvalue weighted by Crippen LogP contribution is 2.29. The smallest absolute Gasteiger partial charge is 0.363 e. The van der Waals surface area contributed by atoms with Gasteiger partial charge in [-0.25, -0.2) is 9.79 Å². The van der Waals surface area contributed by atoms with Gasteiger partial charge in [0.25, 0.3) is 0 Å². The monoisotopic (exact) mass is 387 g/mol. The molecule has 1 aromatic carbocycles. The molecule has 0 radical (unpaired) electrons. The van der Waals surface area contributed by atoms with Crippen LogP contribution >= 0.6 is 11.6 Å². The number of hydrogen-bond acceptors (Lipinski definition) is 8. The van der Waals surface area contributed by atoms with Crippen molar-refractivity contribution in [1.82, 2.24) is 4.98 Å². The van der Waals surface area contributed by atoms with E-state index in [1.165, 1.54) is 30.5 Å². The van der Waals surface area contributed by atoms with Crippen molar-refractivity contribution in [2.24, 2.45) is 4.99 Å². The summed E-state index contributed by atoms with van der Waals surface area (Å²) in [5.74, 6) is -1.65. The van der Waals surface area contributed by atoms with Gasteiger partial charge in [0.15, 0.2) is 5.70 Å². The van der Waals surface area contributed by atoms with Crippen molar-refractivity contribution in [2.45, 2.75) is 6.92 Å². The molecule has 1 aliphatic heterocycles. The summed E-state index contributed by atoms with van der Waals surface area (Å²) in [7, 11) is 0. The normalized spacial score (nSPS) is 14.7. The lowest BCUT2D eigenvalue weighted by molar-refractivity contribution is -0.385. The van der Waals surface area contributed by atoms with E-state index in [1.807, 2.05) is 0 Å². The minimum absolute atomic E-state index is 0.0280. The van der Waals surface area contributed by atoms with E-state index in [9.17, 15) is 19.7 Å². The average Bonchev–Trinajstić information content (AvgIpc) is 2.96. The average molecular weight is 388 g/mol. The first-order valence-corrected chi connectivity index (χ1v) is 7.82. The van der Waals surface area contributed by atoms with Gasteiger partial charge in [-0.1, -0.05) is 17.7 Å². The first-order valence-electron chi connectivity index (χ1n) is 7.45. The number of aromatic nitrogens is 1. The van der Waals surface area contributed by atoms with Crippen molar-refractivity contribution in [3.05, 3.63) is 68.6 Å². The van der Waals surface area contributed by atoms with Crippen LogP contribution in [-0.4, -0.2) is 27.7 Å². The maximum absolute atomic E-state index is 12.0. The fourth-order valence-corrected chi connectivity index (χ4v) is 2.37. The largest absolute Gasteiger partial charge is 0.419 e. The summed E-state index contributed by atoms with van der Waals surface area (Å²) < 4.78 is 9.86. The summed E-state index contributed by atoms with van der Waals surface area (Å²) in [6.07, 6.45) is 2.75. The van der Waals surface area contributed by atoms with Crippen LogP contribution in [0, 0.1) is 10.1 Å². The quantitative estimate of drug-likeness (QED) is 0.260. The molecule has 0 N–H and O–H groups in total. The third-order valence-corrected chi connectivity index (χ3v) is 3.53. The summed E-state index contributed by atoms with van der Waals surface area (Å²) in [6.45, 7) is 1.13. The molecule has 2 aromatic rings. The molecule has 1 aromatic heterocycles. The highest BCUT2D eigenvalue weighted by atomic mass is 35.5. The summed E-state index contributed by atoms with van der Waals surface area (Å²) in [4.78, 5) is 41.6. The zero-order valence-electron chi connectivity index (χ0n) is 13.7. The number of rotatable bonds is 4. The second-order valence-electron chi connectivity index (χ2n) is 5.27. The van der Waals surface area contributed by atoms with Crippen molar-refractivity contribution >= 4 is 41.2 Å². The number of aliphatic imine (C=N–C) groups is 1. The molecule has 0 spiro atoms. The van der Waals surface area contributed by atoms with Crippen LogP contribution in [0.2, 0.25) is 5.02 Å². The Morgan fingerprint density at radius 1 is 1.33 bits per heavy atom. The van der Waals surface area contributed by atoms with Gasteiger partial charge in [-0.3, -0.25) is 19.9 Å². The molecule has 0 unspecified atom stereocenters. The number of carbonyl (C=O) groups excluding carboxylic acids is 2. The number of ether oxygens (including phenoxy) is 2. The van der Waals surface area contributed by atoms with Crippen LogP contribution in [0.3, 0.4) is 0 Å². The lowest BCUT2D eigenvalue weighted by Crippen LogP contribution is -2.07. The number of carbonyl (C=O) groups is 2.